The maximum Gasteiger partial charge on any atom is 0.131 e. The van der Waals surface area contributed by atoms with Crippen molar-refractivity contribution < 1.29 is 8.78 Å². The van der Waals surface area contributed by atoms with Crippen LogP contribution in [-0.4, -0.2) is 0 Å². The smallest absolute Gasteiger partial charge is 0.131 e. The number of nitrogens with two attached hydrogens (primary N) is 1. The second kappa shape index (κ2) is 5.69. The number of hydrogen-bond donors (Lipinski definition) is 1. The van der Waals surface area contributed by atoms with Gasteiger partial charge in [0.15, 0.2) is 0 Å². The maximum atomic E-state index is 13.9. The van der Waals surface area contributed by atoms with Crippen LogP contribution in [0, 0.1) is 15.2 Å². The van der Waals surface area contributed by atoms with Crippen molar-refractivity contribution in [3.63, 3.8) is 0 Å². The van der Waals surface area contributed by atoms with Gasteiger partial charge < -0.3 is 5.73 Å². The highest BCUT2D eigenvalue weighted by atomic mass is 127. The van der Waals surface area contributed by atoms with Crippen molar-refractivity contribution in [2.24, 2.45) is 5.73 Å². The third kappa shape index (κ3) is 2.65. The summed E-state index contributed by atoms with van der Waals surface area (Å²) in [4.78, 5) is 0. The summed E-state index contributed by atoms with van der Waals surface area (Å²) in [5, 5.41) is 1.33. The number of rotatable bonds is 2. The van der Waals surface area contributed by atoms with Gasteiger partial charge in [0, 0.05) is 8.96 Å². The fourth-order valence-corrected chi connectivity index (χ4v) is 3.29. The van der Waals surface area contributed by atoms with Crippen molar-refractivity contribution >= 4 is 33.4 Å². The summed E-state index contributed by atoms with van der Waals surface area (Å²) in [7, 11) is 0. The fourth-order valence-electron chi connectivity index (χ4n) is 2.48. The summed E-state index contributed by atoms with van der Waals surface area (Å²) in [5.74, 6) is -0.560. The summed E-state index contributed by atoms with van der Waals surface area (Å²) >= 11 is 2.06. The minimum Gasteiger partial charge on any atom is -0.320 e. The molecule has 1 unspecified atom stereocenters. The van der Waals surface area contributed by atoms with Gasteiger partial charge in [0.1, 0.15) is 11.6 Å². The Balaban J connectivity index is 2.18. The molecule has 3 aromatic carbocycles. The van der Waals surface area contributed by atoms with E-state index in [9.17, 15) is 8.78 Å². The highest BCUT2D eigenvalue weighted by Gasteiger charge is 2.16. The molecule has 4 heteroatoms. The third-order valence-corrected chi connectivity index (χ3v) is 4.47. The van der Waals surface area contributed by atoms with Gasteiger partial charge in [-0.15, -0.1) is 0 Å². The van der Waals surface area contributed by atoms with Gasteiger partial charge in [-0.2, -0.15) is 0 Å². The van der Waals surface area contributed by atoms with Crippen LogP contribution in [0.3, 0.4) is 0 Å². The molecule has 106 valence electrons. The van der Waals surface area contributed by atoms with E-state index < -0.39 is 6.04 Å². The van der Waals surface area contributed by atoms with E-state index in [2.05, 4.69) is 22.6 Å². The van der Waals surface area contributed by atoms with Gasteiger partial charge in [0.05, 0.1) is 6.04 Å². The molecule has 0 saturated heterocycles. The molecular formula is C17H12F2IN. The lowest BCUT2D eigenvalue weighted by Gasteiger charge is -2.17. The van der Waals surface area contributed by atoms with Crippen LogP contribution in [0.15, 0.2) is 54.6 Å². The maximum absolute atomic E-state index is 13.9. The highest BCUT2D eigenvalue weighted by molar-refractivity contribution is 14.1. The Labute approximate surface area is 134 Å². The molecule has 0 fully saturated rings. The lowest BCUT2D eigenvalue weighted by Crippen LogP contribution is -2.14. The van der Waals surface area contributed by atoms with Gasteiger partial charge in [0.25, 0.3) is 0 Å². The number of hydrogen-bond acceptors (Lipinski definition) is 1. The molecule has 0 spiro atoms. The number of benzene rings is 3. The lowest BCUT2D eigenvalue weighted by molar-refractivity contribution is 0.625. The molecule has 0 aliphatic heterocycles. The van der Waals surface area contributed by atoms with Crippen LogP contribution in [0.25, 0.3) is 10.8 Å². The van der Waals surface area contributed by atoms with E-state index in [1.54, 1.807) is 24.3 Å². The molecule has 1 nitrogen and oxygen atoms in total. The molecule has 0 aliphatic rings. The molecule has 0 aromatic heterocycles. The summed E-state index contributed by atoms with van der Waals surface area (Å²) in [6.45, 7) is 0. The van der Waals surface area contributed by atoms with E-state index in [0.717, 1.165) is 20.1 Å². The minimum atomic E-state index is -0.428. The van der Waals surface area contributed by atoms with Gasteiger partial charge in [-0.25, -0.2) is 8.78 Å². The van der Waals surface area contributed by atoms with Crippen LogP contribution < -0.4 is 5.73 Å². The Morgan fingerprint density at radius 2 is 1.52 bits per heavy atom. The number of halogens is 3. The molecular weight excluding hydrogens is 383 g/mol. The van der Waals surface area contributed by atoms with Crippen LogP contribution in [0.4, 0.5) is 8.78 Å². The standard InChI is InChI=1S/C17H12F2IN/c18-10-5-6-14(16(20)9-10)17(21)13-7-8-15(19)12-4-2-1-3-11(12)13/h1-9,17H,21H2. The first-order valence-corrected chi connectivity index (χ1v) is 7.53. The van der Waals surface area contributed by atoms with E-state index >= 15 is 0 Å². The molecule has 1 atom stereocenters. The van der Waals surface area contributed by atoms with E-state index in [0.29, 0.717) is 5.39 Å². The first-order chi connectivity index (χ1) is 10.1. The van der Waals surface area contributed by atoms with Crippen LogP contribution in [0.5, 0.6) is 0 Å². The van der Waals surface area contributed by atoms with E-state index in [4.69, 9.17) is 5.73 Å². The molecule has 3 aromatic rings. The van der Waals surface area contributed by atoms with Crippen molar-refractivity contribution in [2.45, 2.75) is 6.04 Å². The SMILES string of the molecule is NC(c1ccc(F)cc1I)c1ccc(F)c2ccccc12. The quantitative estimate of drug-likeness (QED) is 0.622. The summed E-state index contributed by atoms with van der Waals surface area (Å²) in [6, 6.07) is 14.4. The van der Waals surface area contributed by atoms with Gasteiger partial charge in [-0.05, 0) is 57.3 Å². The average Bonchev–Trinajstić information content (AvgIpc) is 2.47. The highest BCUT2D eigenvalue weighted by Crippen LogP contribution is 2.31. The second-order valence-electron chi connectivity index (χ2n) is 4.83. The molecule has 0 amide bonds. The van der Waals surface area contributed by atoms with Crippen molar-refractivity contribution in [3.05, 3.63) is 80.9 Å². The van der Waals surface area contributed by atoms with E-state index in [-0.39, 0.29) is 11.6 Å². The molecule has 2 N–H and O–H groups in total. The molecule has 0 radical (unpaired) electrons. The lowest BCUT2D eigenvalue weighted by atomic mass is 9.94. The minimum absolute atomic E-state index is 0.268. The van der Waals surface area contributed by atoms with Crippen molar-refractivity contribution in [2.75, 3.05) is 0 Å². The van der Waals surface area contributed by atoms with Crippen molar-refractivity contribution in [1.29, 1.82) is 0 Å². The van der Waals surface area contributed by atoms with Crippen molar-refractivity contribution in [1.82, 2.24) is 0 Å². The monoisotopic (exact) mass is 395 g/mol. The summed E-state index contributed by atoms with van der Waals surface area (Å²) in [5.41, 5.74) is 7.99. The predicted molar refractivity (Wildman–Crippen MR) is 89.1 cm³/mol. The average molecular weight is 395 g/mol. The molecule has 3 rings (SSSR count). The van der Waals surface area contributed by atoms with Gasteiger partial charge in [0.2, 0.25) is 0 Å². The van der Waals surface area contributed by atoms with E-state index in [1.807, 2.05) is 12.1 Å². The summed E-state index contributed by atoms with van der Waals surface area (Å²) in [6.07, 6.45) is 0. The molecule has 0 bridgehead atoms. The first-order valence-electron chi connectivity index (χ1n) is 6.45. The Morgan fingerprint density at radius 3 is 2.24 bits per heavy atom. The fraction of sp³-hybridized carbons (Fsp3) is 0.0588. The normalized spacial score (nSPS) is 12.6. The van der Waals surface area contributed by atoms with E-state index in [1.165, 1.54) is 18.2 Å². The van der Waals surface area contributed by atoms with Gasteiger partial charge in [-0.1, -0.05) is 36.4 Å². The molecule has 0 aliphatic carbocycles. The zero-order valence-electron chi connectivity index (χ0n) is 11.0. The Hall–Kier alpha value is -1.53. The second-order valence-corrected chi connectivity index (χ2v) is 5.99. The topological polar surface area (TPSA) is 26.0 Å². The van der Waals surface area contributed by atoms with Gasteiger partial charge >= 0.3 is 0 Å². The molecule has 0 heterocycles. The Kier molecular flexibility index (Phi) is 3.91. The van der Waals surface area contributed by atoms with Crippen LogP contribution in [-0.2, 0) is 0 Å². The molecule has 21 heavy (non-hydrogen) atoms. The van der Waals surface area contributed by atoms with Crippen molar-refractivity contribution in [3.8, 4) is 0 Å². The largest absolute Gasteiger partial charge is 0.320 e. The Morgan fingerprint density at radius 1 is 0.857 bits per heavy atom. The zero-order chi connectivity index (χ0) is 15.0. The third-order valence-electron chi connectivity index (χ3n) is 3.54. The summed E-state index contributed by atoms with van der Waals surface area (Å²) < 4.78 is 27.9. The van der Waals surface area contributed by atoms with Crippen LogP contribution >= 0.6 is 22.6 Å². The van der Waals surface area contributed by atoms with Crippen LogP contribution in [0.2, 0.25) is 0 Å². The molecule has 0 saturated carbocycles. The Bertz CT molecular complexity index is 817. The number of fused-ring (bicyclic) bond motifs is 1. The zero-order valence-corrected chi connectivity index (χ0v) is 13.1. The van der Waals surface area contributed by atoms with Crippen LogP contribution in [0.1, 0.15) is 17.2 Å². The first kappa shape index (κ1) is 14.4. The predicted octanol–water partition coefficient (Wildman–Crippen LogP) is 4.77. The van der Waals surface area contributed by atoms with Gasteiger partial charge in [-0.3, -0.25) is 0 Å².